The summed E-state index contributed by atoms with van der Waals surface area (Å²) in [4.78, 5) is 30.1. The van der Waals surface area contributed by atoms with Crippen molar-refractivity contribution in [2.75, 3.05) is 5.32 Å². The maximum atomic E-state index is 13.0. The van der Waals surface area contributed by atoms with E-state index in [1.54, 1.807) is 23.6 Å². The summed E-state index contributed by atoms with van der Waals surface area (Å²) in [5, 5.41) is 3.35. The molecule has 1 amide bonds. The van der Waals surface area contributed by atoms with Crippen LogP contribution in [0.2, 0.25) is 0 Å². The molecule has 0 radical (unpaired) electrons. The fourth-order valence-corrected chi connectivity index (χ4v) is 3.67. The highest BCUT2D eigenvalue weighted by atomic mass is 32.2. The van der Waals surface area contributed by atoms with Crippen LogP contribution in [0.15, 0.2) is 58.5 Å². The minimum atomic E-state index is -0.489. The van der Waals surface area contributed by atoms with Gasteiger partial charge in [-0.15, -0.1) is 0 Å². The van der Waals surface area contributed by atoms with Crippen LogP contribution >= 0.6 is 11.8 Å². The molecule has 1 N–H and O–H groups in total. The van der Waals surface area contributed by atoms with Crippen molar-refractivity contribution in [3.05, 3.63) is 64.7 Å². The number of nitrogens with one attached hydrogen (secondary N) is 1. The average molecular weight is 399 g/mol. The van der Waals surface area contributed by atoms with Gasteiger partial charge in [-0.1, -0.05) is 37.7 Å². The quantitative estimate of drug-likeness (QED) is 0.496. The second-order valence-corrected chi connectivity index (χ2v) is 8.29. The van der Waals surface area contributed by atoms with Gasteiger partial charge in [0, 0.05) is 12.2 Å². The van der Waals surface area contributed by atoms with Crippen LogP contribution in [0.1, 0.15) is 20.8 Å². The van der Waals surface area contributed by atoms with E-state index in [1.165, 1.54) is 36.0 Å². The first-order chi connectivity index (χ1) is 13.3. The molecule has 0 saturated heterocycles. The Labute approximate surface area is 167 Å². The third kappa shape index (κ3) is 4.59. The van der Waals surface area contributed by atoms with Crippen LogP contribution in [0.5, 0.6) is 0 Å². The number of hydrogen-bond acceptors (Lipinski definition) is 4. The van der Waals surface area contributed by atoms with Gasteiger partial charge in [-0.05, 0) is 49.2 Å². The maximum Gasteiger partial charge on any atom is 0.262 e. The number of para-hydroxylation sites is 1. The Hall–Kier alpha value is -2.67. The van der Waals surface area contributed by atoms with Gasteiger partial charge in [0.15, 0.2) is 5.16 Å². The van der Waals surface area contributed by atoms with E-state index < -0.39 is 5.25 Å². The topological polar surface area (TPSA) is 64.0 Å². The lowest BCUT2D eigenvalue weighted by Gasteiger charge is -2.17. The zero-order chi connectivity index (χ0) is 20.3. The van der Waals surface area contributed by atoms with E-state index in [0.717, 1.165) is 0 Å². The number of fused-ring (bicyclic) bond motifs is 1. The summed E-state index contributed by atoms with van der Waals surface area (Å²) < 4.78 is 14.7. The van der Waals surface area contributed by atoms with E-state index in [-0.39, 0.29) is 23.2 Å². The average Bonchev–Trinajstić information content (AvgIpc) is 2.66. The van der Waals surface area contributed by atoms with Gasteiger partial charge < -0.3 is 5.32 Å². The number of anilines is 1. The standard InChI is InChI=1S/C21H22FN3O2S/c1-13(2)12-25-20(27)17-6-4-5-7-18(17)24-21(25)28-14(3)19(26)23-16-10-8-15(22)9-11-16/h4-11,13-14H,12H2,1-3H3,(H,23,26)/t14-/m0/s1. The van der Waals surface area contributed by atoms with Gasteiger partial charge in [0.1, 0.15) is 5.82 Å². The van der Waals surface area contributed by atoms with E-state index in [1.807, 2.05) is 26.0 Å². The number of halogens is 1. The Morgan fingerprint density at radius 3 is 2.50 bits per heavy atom. The van der Waals surface area contributed by atoms with Crippen molar-refractivity contribution < 1.29 is 9.18 Å². The summed E-state index contributed by atoms with van der Waals surface area (Å²) in [6, 6.07) is 12.8. The van der Waals surface area contributed by atoms with Gasteiger partial charge in [0.25, 0.3) is 5.56 Å². The van der Waals surface area contributed by atoms with Crippen LogP contribution in [-0.4, -0.2) is 20.7 Å². The molecule has 0 bridgehead atoms. The lowest BCUT2D eigenvalue weighted by Crippen LogP contribution is -2.28. The van der Waals surface area contributed by atoms with Gasteiger partial charge in [0.05, 0.1) is 16.2 Å². The van der Waals surface area contributed by atoms with Crippen molar-refractivity contribution in [1.82, 2.24) is 9.55 Å². The first-order valence-electron chi connectivity index (χ1n) is 9.08. The Morgan fingerprint density at radius 1 is 1.14 bits per heavy atom. The summed E-state index contributed by atoms with van der Waals surface area (Å²) in [5.74, 6) is -0.350. The molecular weight excluding hydrogens is 377 g/mol. The number of benzene rings is 2. The summed E-state index contributed by atoms with van der Waals surface area (Å²) in [7, 11) is 0. The molecule has 3 aromatic rings. The van der Waals surface area contributed by atoms with Gasteiger partial charge >= 0.3 is 0 Å². The highest BCUT2D eigenvalue weighted by molar-refractivity contribution is 8.00. The molecule has 1 aromatic heterocycles. The number of amides is 1. The van der Waals surface area contributed by atoms with Crippen LogP contribution in [0, 0.1) is 11.7 Å². The largest absolute Gasteiger partial charge is 0.325 e. The lowest BCUT2D eigenvalue weighted by atomic mass is 10.2. The van der Waals surface area contributed by atoms with Crippen molar-refractivity contribution in [3.63, 3.8) is 0 Å². The minimum Gasteiger partial charge on any atom is -0.325 e. The fraction of sp³-hybridized carbons (Fsp3) is 0.286. The number of carbonyl (C=O) groups is 1. The predicted octanol–water partition coefficient (Wildman–Crippen LogP) is 4.31. The van der Waals surface area contributed by atoms with Crippen molar-refractivity contribution in [2.24, 2.45) is 5.92 Å². The minimum absolute atomic E-state index is 0.104. The van der Waals surface area contributed by atoms with E-state index >= 15 is 0 Å². The monoisotopic (exact) mass is 399 g/mol. The first kappa shape index (κ1) is 20.1. The van der Waals surface area contributed by atoms with Crippen molar-refractivity contribution in [1.29, 1.82) is 0 Å². The van der Waals surface area contributed by atoms with Gasteiger partial charge in [-0.25, -0.2) is 9.37 Å². The normalized spacial score (nSPS) is 12.3. The van der Waals surface area contributed by atoms with Crippen LogP contribution in [0.25, 0.3) is 10.9 Å². The molecule has 1 heterocycles. The van der Waals surface area contributed by atoms with Crippen molar-refractivity contribution >= 4 is 34.3 Å². The summed E-state index contributed by atoms with van der Waals surface area (Å²) >= 11 is 1.24. The second kappa shape index (κ2) is 8.56. The lowest BCUT2D eigenvalue weighted by molar-refractivity contribution is -0.115. The summed E-state index contributed by atoms with van der Waals surface area (Å²) in [6.07, 6.45) is 0. The van der Waals surface area contributed by atoms with E-state index in [0.29, 0.717) is 28.3 Å². The SMILES string of the molecule is CC(C)Cn1c(S[C@@H](C)C(=O)Nc2ccc(F)cc2)nc2ccccc2c1=O. The van der Waals surface area contributed by atoms with Gasteiger partial charge in [-0.2, -0.15) is 0 Å². The Bertz CT molecular complexity index is 1050. The number of rotatable bonds is 6. The number of aromatic nitrogens is 2. The molecule has 0 unspecified atom stereocenters. The smallest absolute Gasteiger partial charge is 0.262 e. The summed E-state index contributed by atoms with van der Waals surface area (Å²) in [6.45, 7) is 6.33. The van der Waals surface area contributed by atoms with Gasteiger partial charge in [-0.3, -0.25) is 14.2 Å². The number of carbonyl (C=O) groups excluding carboxylic acids is 1. The molecule has 0 aliphatic rings. The Kier molecular flexibility index (Phi) is 6.14. The van der Waals surface area contributed by atoms with Crippen LogP contribution < -0.4 is 10.9 Å². The number of hydrogen-bond donors (Lipinski definition) is 1. The predicted molar refractivity (Wildman–Crippen MR) is 111 cm³/mol. The zero-order valence-corrected chi connectivity index (χ0v) is 16.8. The Balaban J connectivity index is 1.88. The highest BCUT2D eigenvalue weighted by Gasteiger charge is 2.20. The van der Waals surface area contributed by atoms with Gasteiger partial charge in [0.2, 0.25) is 5.91 Å². The highest BCUT2D eigenvalue weighted by Crippen LogP contribution is 2.24. The second-order valence-electron chi connectivity index (χ2n) is 6.98. The number of thioether (sulfide) groups is 1. The fourth-order valence-electron chi connectivity index (χ4n) is 2.75. The zero-order valence-electron chi connectivity index (χ0n) is 16.0. The molecule has 2 aromatic carbocycles. The van der Waals surface area contributed by atoms with Crippen molar-refractivity contribution in [2.45, 2.75) is 37.7 Å². The molecule has 0 spiro atoms. The molecule has 1 atom stereocenters. The van der Waals surface area contributed by atoms with Crippen LogP contribution in [0.4, 0.5) is 10.1 Å². The van der Waals surface area contributed by atoms with Crippen LogP contribution in [-0.2, 0) is 11.3 Å². The Morgan fingerprint density at radius 2 is 1.82 bits per heavy atom. The molecule has 146 valence electrons. The molecule has 0 fully saturated rings. The van der Waals surface area contributed by atoms with E-state index in [2.05, 4.69) is 10.3 Å². The molecule has 3 rings (SSSR count). The van der Waals surface area contributed by atoms with E-state index in [9.17, 15) is 14.0 Å². The molecular formula is C21H22FN3O2S. The number of nitrogens with zero attached hydrogens (tertiary/aromatic N) is 2. The molecule has 0 aliphatic heterocycles. The van der Waals surface area contributed by atoms with Crippen molar-refractivity contribution in [3.8, 4) is 0 Å². The van der Waals surface area contributed by atoms with Crippen LogP contribution in [0.3, 0.4) is 0 Å². The molecule has 7 heteroatoms. The molecule has 0 aliphatic carbocycles. The molecule has 28 heavy (non-hydrogen) atoms. The third-order valence-corrected chi connectivity index (χ3v) is 5.23. The first-order valence-corrected chi connectivity index (χ1v) is 9.96. The summed E-state index contributed by atoms with van der Waals surface area (Å²) in [5.41, 5.74) is 1.03. The molecule has 5 nitrogen and oxygen atoms in total. The van der Waals surface area contributed by atoms with E-state index in [4.69, 9.17) is 0 Å². The maximum absolute atomic E-state index is 13.0. The molecule has 0 saturated carbocycles. The third-order valence-electron chi connectivity index (χ3n) is 4.14.